The van der Waals surface area contributed by atoms with Gasteiger partial charge in [0, 0.05) is 5.56 Å². The number of carbonyl (C=O) groups excluding carboxylic acids is 1. The number of carbonyl (C=O) groups is 1. The van der Waals surface area contributed by atoms with Gasteiger partial charge in [-0.15, -0.1) is 0 Å². The Kier molecular flexibility index (Phi) is 3.84. The zero-order chi connectivity index (χ0) is 15.9. The summed E-state index contributed by atoms with van der Waals surface area (Å²) in [7, 11) is 0. The molecule has 0 spiro atoms. The SMILES string of the molecule is O=C(N[C@@H]1CO[C@H]2[C@@H]1OC[C@H]2O)c1ccc(C(F)(F)F)cc1. The van der Waals surface area contributed by atoms with E-state index in [-0.39, 0.29) is 18.8 Å². The van der Waals surface area contributed by atoms with Gasteiger partial charge in [-0.05, 0) is 24.3 Å². The van der Waals surface area contributed by atoms with Gasteiger partial charge in [-0.2, -0.15) is 13.2 Å². The Morgan fingerprint density at radius 1 is 1.14 bits per heavy atom. The first kappa shape index (κ1) is 15.3. The first-order chi connectivity index (χ1) is 10.4. The van der Waals surface area contributed by atoms with E-state index in [2.05, 4.69) is 5.32 Å². The number of aliphatic hydroxyl groups is 1. The number of hydrogen-bond acceptors (Lipinski definition) is 4. The van der Waals surface area contributed by atoms with Crippen LogP contribution in [-0.2, 0) is 15.7 Å². The minimum atomic E-state index is -4.44. The molecule has 2 aliphatic rings. The molecule has 0 saturated carbocycles. The molecule has 4 atom stereocenters. The molecule has 2 saturated heterocycles. The molecule has 22 heavy (non-hydrogen) atoms. The van der Waals surface area contributed by atoms with E-state index in [9.17, 15) is 23.1 Å². The third kappa shape index (κ3) is 2.81. The number of benzene rings is 1. The summed E-state index contributed by atoms with van der Waals surface area (Å²) >= 11 is 0. The van der Waals surface area contributed by atoms with Gasteiger partial charge in [-0.1, -0.05) is 0 Å². The van der Waals surface area contributed by atoms with E-state index in [1.54, 1.807) is 0 Å². The lowest BCUT2D eigenvalue weighted by molar-refractivity contribution is -0.137. The molecular weight excluding hydrogens is 303 g/mol. The number of fused-ring (bicyclic) bond motifs is 1. The maximum absolute atomic E-state index is 12.5. The minimum Gasteiger partial charge on any atom is -0.388 e. The van der Waals surface area contributed by atoms with Crippen molar-refractivity contribution in [3.05, 3.63) is 35.4 Å². The maximum Gasteiger partial charge on any atom is 0.416 e. The summed E-state index contributed by atoms with van der Waals surface area (Å²) in [6, 6.07) is 3.53. The van der Waals surface area contributed by atoms with Crippen LogP contribution in [0.25, 0.3) is 0 Å². The highest BCUT2D eigenvalue weighted by Gasteiger charge is 2.47. The maximum atomic E-state index is 12.5. The molecule has 5 nitrogen and oxygen atoms in total. The van der Waals surface area contributed by atoms with E-state index >= 15 is 0 Å². The Morgan fingerprint density at radius 2 is 1.77 bits per heavy atom. The molecule has 2 fully saturated rings. The summed E-state index contributed by atoms with van der Waals surface area (Å²) in [5, 5.41) is 12.3. The van der Waals surface area contributed by atoms with Crippen molar-refractivity contribution >= 4 is 5.91 Å². The average Bonchev–Trinajstić information content (AvgIpc) is 3.02. The summed E-state index contributed by atoms with van der Waals surface area (Å²) in [5.41, 5.74) is -0.689. The van der Waals surface area contributed by atoms with Crippen molar-refractivity contribution in [2.45, 2.75) is 30.5 Å². The highest BCUT2D eigenvalue weighted by molar-refractivity contribution is 5.94. The van der Waals surface area contributed by atoms with Crippen molar-refractivity contribution in [1.29, 1.82) is 0 Å². The third-order valence-corrected chi connectivity index (χ3v) is 3.82. The molecule has 1 amide bonds. The number of amides is 1. The monoisotopic (exact) mass is 317 g/mol. The number of ether oxygens (including phenoxy) is 2. The zero-order valence-electron chi connectivity index (χ0n) is 11.3. The van der Waals surface area contributed by atoms with Crippen molar-refractivity contribution in [3.63, 3.8) is 0 Å². The molecule has 3 rings (SSSR count). The largest absolute Gasteiger partial charge is 0.416 e. The van der Waals surface area contributed by atoms with Gasteiger partial charge in [-0.25, -0.2) is 0 Å². The molecule has 0 aromatic heterocycles. The van der Waals surface area contributed by atoms with Crippen LogP contribution in [-0.4, -0.2) is 48.6 Å². The van der Waals surface area contributed by atoms with Gasteiger partial charge in [0.1, 0.15) is 18.3 Å². The predicted molar refractivity (Wildman–Crippen MR) is 68.2 cm³/mol. The van der Waals surface area contributed by atoms with Crippen LogP contribution in [0.2, 0.25) is 0 Å². The van der Waals surface area contributed by atoms with Gasteiger partial charge in [0.05, 0.1) is 24.8 Å². The molecule has 0 aliphatic carbocycles. The van der Waals surface area contributed by atoms with Gasteiger partial charge < -0.3 is 19.9 Å². The van der Waals surface area contributed by atoms with Crippen molar-refractivity contribution in [3.8, 4) is 0 Å². The summed E-state index contributed by atoms with van der Waals surface area (Å²) in [6.45, 7) is 0.334. The van der Waals surface area contributed by atoms with Gasteiger partial charge in [-0.3, -0.25) is 4.79 Å². The zero-order valence-corrected chi connectivity index (χ0v) is 11.3. The van der Waals surface area contributed by atoms with Crippen LogP contribution in [0.1, 0.15) is 15.9 Å². The molecule has 1 aromatic rings. The number of nitrogens with one attached hydrogen (secondary N) is 1. The van der Waals surface area contributed by atoms with Crippen LogP contribution in [0.4, 0.5) is 13.2 Å². The van der Waals surface area contributed by atoms with E-state index in [0.29, 0.717) is 0 Å². The van der Waals surface area contributed by atoms with Gasteiger partial charge >= 0.3 is 6.18 Å². The second-order valence-corrected chi connectivity index (χ2v) is 5.32. The lowest BCUT2D eigenvalue weighted by atomic mass is 10.1. The molecule has 1 aromatic carbocycles. The molecule has 0 unspecified atom stereocenters. The van der Waals surface area contributed by atoms with Crippen LogP contribution >= 0.6 is 0 Å². The van der Waals surface area contributed by atoms with E-state index in [1.165, 1.54) is 0 Å². The molecule has 120 valence electrons. The van der Waals surface area contributed by atoms with Crippen LogP contribution in [0.3, 0.4) is 0 Å². The summed E-state index contributed by atoms with van der Waals surface area (Å²) < 4.78 is 48.2. The fraction of sp³-hybridized carbons (Fsp3) is 0.500. The molecule has 8 heteroatoms. The van der Waals surface area contributed by atoms with Crippen LogP contribution in [0, 0.1) is 0 Å². The van der Waals surface area contributed by atoms with E-state index < -0.39 is 42.0 Å². The number of aliphatic hydroxyl groups excluding tert-OH is 1. The minimum absolute atomic E-state index is 0.120. The Bertz CT molecular complexity index is 560. The van der Waals surface area contributed by atoms with Crippen molar-refractivity contribution in [2.75, 3.05) is 13.2 Å². The standard InChI is InChI=1S/C14H14F3NO4/c15-14(16,17)8-3-1-7(2-4-8)13(20)18-9-5-21-12-10(19)6-22-11(9)12/h1-4,9-12,19H,5-6H2,(H,18,20)/t9-,10-,11-,12-/m1/s1. The van der Waals surface area contributed by atoms with Crippen LogP contribution in [0.5, 0.6) is 0 Å². The molecule has 0 radical (unpaired) electrons. The molecular formula is C14H14F3NO4. The topological polar surface area (TPSA) is 67.8 Å². The summed E-state index contributed by atoms with van der Waals surface area (Å²) in [5.74, 6) is -0.507. The van der Waals surface area contributed by atoms with Crippen molar-refractivity contribution in [1.82, 2.24) is 5.32 Å². The highest BCUT2D eigenvalue weighted by Crippen LogP contribution is 2.29. The second kappa shape index (κ2) is 5.53. The number of rotatable bonds is 2. The Morgan fingerprint density at radius 3 is 2.41 bits per heavy atom. The van der Waals surface area contributed by atoms with Crippen molar-refractivity contribution < 1.29 is 32.5 Å². The van der Waals surface area contributed by atoms with E-state index in [0.717, 1.165) is 24.3 Å². The number of hydrogen-bond donors (Lipinski definition) is 2. The molecule has 2 heterocycles. The molecule has 2 aliphatic heterocycles. The van der Waals surface area contributed by atoms with Gasteiger partial charge in [0.2, 0.25) is 0 Å². The van der Waals surface area contributed by atoms with Crippen molar-refractivity contribution in [2.24, 2.45) is 0 Å². The molecule has 2 N–H and O–H groups in total. The van der Waals surface area contributed by atoms with E-state index in [4.69, 9.17) is 9.47 Å². The number of halogens is 3. The van der Waals surface area contributed by atoms with Gasteiger partial charge in [0.25, 0.3) is 5.91 Å². The van der Waals surface area contributed by atoms with Gasteiger partial charge in [0.15, 0.2) is 0 Å². The summed E-state index contributed by atoms with van der Waals surface area (Å²) in [6.07, 6.45) is -6.07. The lowest BCUT2D eigenvalue weighted by Gasteiger charge is -2.17. The quantitative estimate of drug-likeness (QED) is 0.853. The Hall–Kier alpha value is -1.64. The molecule has 0 bridgehead atoms. The number of alkyl halides is 3. The van der Waals surface area contributed by atoms with Crippen LogP contribution in [0.15, 0.2) is 24.3 Å². The average molecular weight is 317 g/mol. The predicted octanol–water partition coefficient (Wildman–Crippen LogP) is 0.962. The fourth-order valence-corrected chi connectivity index (χ4v) is 2.67. The van der Waals surface area contributed by atoms with E-state index in [1.807, 2.05) is 0 Å². The highest BCUT2D eigenvalue weighted by atomic mass is 19.4. The lowest BCUT2D eigenvalue weighted by Crippen LogP contribution is -2.44. The Balaban J connectivity index is 1.65. The third-order valence-electron chi connectivity index (χ3n) is 3.82. The smallest absolute Gasteiger partial charge is 0.388 e. The first-order valence-electron chi connectivity index (χ1n) is 6.75. The second-order valence-electron chi connectivity index (χ2n) is 5.32. The van der Waals surface area contributed by atoms with Crippen LogP contribution < -0.4 is 5.32 Å². The Labute approximate surface area is 124 Å². The first-order valence-corrected chi connectivity index (χ1v) is 6.75. The normalized spacial score (nSPS) is 31.1. The fourth-order valence-electron chi connectivity index (χ4n) is 2.67. The summed E-state index contributed by atoms with van der Waals surface area (Å²) in [4.78, 5) is 12.1.